The van der Waals surface area contributed by atoms with Crippen LogP contribution in [-0.2, 0) is 9.47 Å². The number of ether oxygens (including phenoxy) is 2. The summed E-state index contributed by atoms with van der Waals surface area (Å²) in [6, 6.07) is 10.7. The summed E-state index contributed by atoms with van der Waals surface area (Å²) in [7, 11) is 0. The first-order valence-corrected chi connectivity index (χ1v) is 9.08. The number of carbonyl (C=O) groups excluding carboxylic acids is 1. The van der Waals surface area contributed by atoms with E-state index in [2.05, 4.69) is 15.2 Å². The van der Waals surface area contributed by atoms with Crippen LogP contribution in [0.15, 0.2) is 42.6 Å². The maximum atomic E-state index is 12.5. The fourth-order valence-corrected chi connectivity index (χ4v) is 3.53. The average molecular weight is 374 g/mol. The lowest BCUT2D eigenvalue weighted by atomic mass is 10.0. The van der Waals surface area contributed by atoms with Crippen LogP contribution in [0.1, 0.15) is 23.2 Å². The zero-order chi connectivity index (χ0) is 18.0. The van der Waals surface area contributed by atoms with E-state index >= 15 is 0 Å². The zero-order valence-electron chi connectivity index (χ0n) is 14.3. The van der Waals surface area contributed by atoms with E-state index < -0.39 is 5.79 Å². The van der Waals surface area contributed by atoms with Crippen molar-refractivity contribution in [1.82, 2.24) is 4.98 Å². The Morgan fingerprint density at radius 2 is 1.88 bits per heavy atom. The topological polar surface area (TPSA) is 63.7 Å². The van der Waals surface area contributed by atoms with Crippen LogP contribution in [0.5, 0.6) is 0 Å². The second kappa shape index (κ2) is 7.23. The maximum Gasteiger partial charge on any atom is 0.255 e. The number of para-hydroxylation sites is 1. The van der Waals surface area contributed by atoms with Gasteiger partial charge in [-0.15, -0.1) is 0 Å². The Kier molecular flexibility index (Phi) is 4.80. The summed E-state index contributed by atoms with van der Waals surface area (Å²) < 4.78 is 11.5. The summed E-state index contributed by atoms with van der Waals surface area (Å²) in [5, 5.41) is 3.35. The van der Waals surface area contributed by atoms with E-state index in [0.717, 1.165) is 31.7 Å². The predicted octanol–water partition coefficient (Wildman–Crippen LogP) is 3.33. The molecule has 1 aromatic heterocycles. The number of amides is 1. The van der Waals surface area contributed by atoms with Crippen LogP contribution in [0.2, 0.25) is 5.02 Å². The molecule has 2 aromatic rings. The molecular formula is C19H20ClN3O3. The number of nitrogens with zero attached hydrogens (tertiary/aromatic N) is 2. The lowest BCUT2D eigenvalue weighted by molar-refractivity contribution is -0.169. The monoisotopic (exact) mass is 373 g/mol. The molecule has 1 spiro atoms. The molecule has 7 heteroatoms. The maximum absolute atomic E-state index is 12.5. The lowest BCUT2D eigenvalue weighted by Gasteiger charge is -2.38. The summed E-state index contributed by atoms with van der Waals surface area (Å²) >= 11 is 6.11. The summed E-state index contributed by atoms with van der Waals surface area (Å²) in [5.74, 6) is 0.151. The van der Waals surface area contributed by atoms with Crippen LogP contribution in [0.3, 0.4) is 0 Å². The fourth-order valence-electron chi connectivity index (χ4n) is 3.35. The van der Waals surface area contributed by atoms with Crippen molar-refractivity contribution in [3.05, 3.63) is 53.2 Å². The minimum atomic E-state index is -0.421. The highest BCUT2D eigenvalue weighted by atomic mass is 35.5. The van der Waals surface area contributed by atoms with Crippen molar-refractivity contribution in [2.45, 2.75) is 18.6 Å². The molecule has 2 fully saturated rings. The van der Waals surface area contributed by atoms with Crippen molar-refractivity contribution in [3.8, 4) is 0 Å². The first-order chi connectivity index (χ1) is 12.7. The number of benzene rings is 1. The van der Waals surface area contributed by atoms with E-state index in [-0.39, 0.29) is 5.91 Å². The molecule has 4 rings (SSSR count). The van der Waals surface area contributed by atoms with E-state index in [9.17, 15) is 4.79 Å². The molecule has 0 radical (unpaired) electrons. The van der Waals surface area contributed by atoms with E-state index in [1.165, 1.54) is 0 Å². The van der Waals surface area contributed by atoms with E-state index in [4.69, 9.17) is 21.1 Å². The third-order valence-electron chi connectivity index (χ3n) is 4.79. The fraction of sp³-hybridized carbons (Fsp3) is 0.368. The lowest BCUT2D eigenvalue weighted by Crippen LogP contribution is -2.45. The van der Waals surface area contributed by atoms with Crippen molar-refractivity contribution in [3.63, 3.8) is 0 Å². The van der Waals surface area contributed by atoms with Gasteiger partial charge in [0.1, 0.15) is 5.82 Å². The number of anilines is 2. The summed E-state index contributed by atoms with van der Waals surface area (Å²) in [6.45, 7) is 2.89. The number of piperidine rings is 1. The first kappa shape index (κ1) is 17.3. The number of hydrogen-bond donors (Lipinski definition) is 1. The molecular weight excluding hydrogens is 354 g/mol. The van der Waals surface area contributed by atoms with Gasteiger partial charge >= 0.3 is 0 Å². The van der Waals surface area contributed by atoms with Crippen molar-refractivity contribution in [2.24, 2.45) is 0 Å². The highest BCUT2D eigenvalue weighted by Crippen LogP contribution is 2.32. The van der Waals surface area contributed by atoms with Gasteiger partial charge in [-0.25, -0.2) is 4.98 Å². The molecule has 1 amide bonds. The normalized spacial score (nSPS) is 18.9. The van der Waals surface area contributed by atoms with Gasteiger partial charge in [-0.05, 0) is 24.3 Å². The molecule has 2 aliphatic rings. The van der Waals surface area contributed by atoms with Crippen LogP contribution in [-0.4, -0.2) is 43.0 Å². The van der Waals surface area contributed by atoms with Crippen LogP contribution in [0, 0.1) is 0 Å². The number of pyridine rings is 1. The first-order valence-electron chi connectivity index (χ1n) is 8.70. The Hall–Kier alpha value is -2.15. The van der Waals surface area contributed by atoms with E-state index in [1.54, 1.807) is 30.5 Å². The average Bonchev–Trinajstić information content (AvgIpc) is 3.12. The highest BCUT2D eigenvalue weighted by Gasteiger charge is 2.40. The van der Waals surface area contributed by atoms with Gasteiger partial charge in [-0.1, -0.05) is 23.7 Å². The highest BCUT2D eigenvalue weighted by molar-refractivity contribution is 6.33. The molecule has 26 heavy (non-hydrogen) atoms. The van der Waals surface area contributed by atoms with Gasteiger partial charge in [-0.3, -0.25) is 4.79 Å². The molecule has 0 saturated carbocycles. The van der Waals surface area contributed by atoms with Crippen LogP contribution >= 0.6 is 11.6 Å². The van der Waals surface area contributed by atoms with Gasteiger partial charge < -0.3 is 19.7 Å². The van der Waals surface area contributed by atoms with Gasteiger partial charge in [0.2, 0.25) is 0 Å². The van der Waals surface area contributed by atoms with Gasteiger partial charge in [0.15, 0.2) is 5.79 Å². The Morgan fingerprint density at radius 1 is 1.15 bits per heavy atom. The molecule has 0 aliphatic carbocycles. The van der Waals surface area contributed by atoms with Gasteiger partial charge in [0.25, 0.3) is 5.91 Å². The zero-order valence-corrected chi connectivity index (χ0v) is 15.0. The van der Waals surface area contributed by atoms with Crippen LogP contribution < -0.4 is 10.2 Å². The summed E-state index contributed by atoms with van der Waals surface area (Å²) in [6.07, 6.45) is 3.25. The molecule has 3 heterocycles. The van der Waals surface area contributed by atoms with E-state index in [1.807, 2.05) is 12.1 Å². The van der Waals surface area contributed by atoms with Gasteiger partial charge in [0, 0.05) is 37.7 Å². The molecule has 1 aromatic carbocycles. The number of aromatic nitrogens is 1. The number of nitrogens with one attached hydrogen (secondary N) is 1. The SMILES string of the molecule is O=C(Nc1ccccc1Cl)c1ccnc(N2CCC3(CC2)OCCO3)c1. The molecule has 2 saturated heterocycles. The Balaban J connectivity index is 1.45. The van der Waals surface area contributed by atoms with Crippen molar-refractivity contribution < 1.29 is 14.3 Å². The predicted molar refractivity (Wildman–Crippen MR) is 99.7 cm³/mol. The third-order valence-corrected chi connectivity index (χ3v) is 5.12. The minimum absolute atomic E-state index is 0.210. The smallest absolute Gasteiger partial charge is 0.255 e. The van der Waals surface area contributed by atoms with Crippen molar-refractivity contribution in [2.75, 3.05) is 36.5 Å². The molecule has 1 N–H and O–H groups in total. The molecule has 6 nitrogen and oxygen atoms in total. The number of carbonyl (C=O) groups is 1. The number of halogens is 1. The molecule has 0 atom stereocenters. The molecule has 0 unspecified atom stereocenters. The molecule has 0 bridgehead atoms. The van der Waals surface area contributed by atoms with E-state index in [0.29, 0.717) is 29.5 Å². The number of rotatable bonds is 3. The quantitative estimate of drug-likeness (QED) is 0.894. The summed E-state index contributed by atoms with van der Waals surface area (Å²) in [4.78, 5) is 19.1. The Morgan fingerprint density at radius 3 is 2.62 bits per heavy atom. The standard InChI is InChI=1S/C19H20ClN3O3/c20-15-3-1-2-4-16(15)22-18(24)14-5-8-21-17(13-14)23-9-6-19(7-10-23)25-11-12-26-19/h1-5,8,13H,6-7,9-12H2,(H,22,24). The Labute approximate surface area is 157 Å². The largest absolute Gasteiger partial charge is 0.356 e. The second-order valence-corrected chi connectivity index (χ2v) is 6.84. The molecule has 136 valence electrons. The summed E-state index contributed by atoms with van der Waals surface area (Å²) in [5.41, 5.74) is 1.14. The van der Waals surface area contributed by atoms with Gasteiger partial charge in [-0.2, -0.15) is 0 Å². The van der Waals surface area contributed by atoms with Crippen LogP contribution in [0.25, 0.3) is 0 Å². The molecule has 2 aliphatic heterocycles. The Bertz CT molecular complexity index is 798. The van der Waals surface area contributed by atoms with Crippen molar-refractivity contribution in [1.29, 1.82) is 0 Å². The van der Waals surface area contributed by atoms with Crippen molar-refractivity contribution >= 4 is 29.0 Å². The van der Waals surface area contributed by atoms with Gasteiger partial charge in [0.05, 0.1) is 23.9 Å². The number of hydrogen-bond acceptors (Lipinski definition) is 5. The third kappa shape index (κ3) is 3.53. The second-order valence-electron chi connectivity index (χ2n) is 6.43. The van der Waals surface area contributed by atoms with Crippen LogP contribution in [0.4, 0.5) is 11.5 Å². The minimum Gasteiger partial charge on any atom is -0.356 e.